The van der Waals surface area contributed by atoms with E-state index in [4.69, 9.17) is 4.74 Å². The number of guanidine groups is 1. The first-order chi connectivity index (χ1) is 11.7. The molecule has 1 heterocycles. The number of hydrogen-bond acceptors (Lipinski definition) is 5. The molecule has 0 aromatic carbocycles. The van der Waals surface area contributed by atoms with Crippen LogP contribution in [-0.4, -0.2) is 69.8 Å². The number of unbranched alkanes of at least 4 members (excludes halogenated alkanes) is 1. The predicted molar refractivity (Wildman–Crippen MR) is 119 cm³/mol. The molecule has 0 unspecified atom stereocenters. The van der Waals surface area contributed by atoms with Crippen molar-refractivity contribution in [2.45, 2.75) is 32.6 Å². The quantitative estimate of drug-likeness (QED) is 0.207. The van der Waals surface area contributed by atoms with Gasteiger partial charge in [-0.1, -0.05) is 0 Å². The number of rotatable bonds is 12. The zero-order valence-electron chi connectivity index (χ0n) is 16.0. The number of methoxy groups -OCH3 is 1. The molecule has 0 bridgehead atoms. The highest BCUT2D eigenvalue weighted by atomic mass is 127. The van der Waals surface area contributed by atoms with Crippen molar-refractivity contribution in [3.8, 4) is 0 Å². The second-order valence-corrected chi connectivity index (χ2v) is 6.86. The Labute approximate surface area is 173 Å². The SMILES string of the molecule is CN=C(NCCCCc1nc(C)cs1)NCCN(C)CCCOC.I. The maximum Gasteiger partial charge on any atom is 0.191 e. The molecule has 146 valence electrons. The van der Waals surface area contributed by atoms with E-state index >= 15 is 0 Å². The molecule has 1 aromatic rings. The third kappa shape index (κ3) is 12.5. The van der Waals surface area contributed by atoms with Gasteiger partial charge in [0.25, 0.3) is 0 Å². The number of aryl methyl sites for hydroxylation is 2. The number of nitrogens with one attached hydrogen (secondary N) is 2. The molecule has 0 amide bonds. The topological polar surface area (TPSA) is 61.8 Å². The third-order valence-corrected chi connectivity index (χ3v) is 4.70. The Morgan fingerprint density at radius 2 is 2.00 bits per heavy atom. The number of aromatic nitrogens is 1. The molecule has 0 spiro atoms. The zero-order chi connectivity index (χ0) is 17.6. The highest BCUT2D eigenvalue weighted by molar-refractivity contribution is 14.0. The Kier molecular flexibility index (Phi) is 15.5. The van der Waals surface area contributed by atoms with Gasteiger partial charge in [-0.25, -0.2) is 4.98 Å². The van der Waals surface area contributed by atoms with Crippen LogP contribution in [0.15, 0.2) is 10.4 Å². The van der Waals surface area contributed by atoms with Crippen LogP contribution in [0, 0.1) is 6.92 Å². The summed E-state index contributed by atoms with van der Waals surface area (Å²) in [5.74, 6) is 0.880. The van der Waals surface area contributed by atoms with E-state index in [1.54, 1.807) is 18.4 Å². The van der Waals surface area contributed by atoms with Crippen molar-refractivity contribution >= 4 is 41.3 Å². The number of likely N-dealkylation sites (N-methyl/N-ethyl adjacent to an activating group) is 1. The van der Waals surface area contributed by atoms with Gasteiger partial charge < -0.3 is 20.3 Å². The Bertz CT molecular complexity index is 470. The summed E-state index contributed by atoms with van der Waals surface area (Å²) in [4.78, 5) is 11.1. The van der Waals surface area contributed by atoms with Crippen LogP contribution in [0.1, 0.15) is 30.0 Å². The Hall–Kier alpha value is -0.450. The van der Waals surface area contributed by atoms with Crippen LogP contribution in [0.4, 0.5) is 0 Å². The van der Waals surface area contributed by atoms with Crippen molar-refractivity contribution in [1.82, 2.24) is 20.5 Å². The standard InChI is InChI=1S/C17H33N5OS.HI/c1-15-14-24-16(21-15)8-5-6-9-19-17(18-2)20-10-12-22(3)11-7-13-23-4;/h14H,5-13H2,1-4H3,(H2,18,19,20);1H. The second kappa shape index (κ2) is 15.8. The molecule has 8 heteroatoms. The molecular formula is C17H34IN5OS. The van der Waals surface area contributed by atoms with E-state index in [0.29, 0.717) is 0 Å². The Morgan fingerprint density at radius 1 is 1.24 bits per heavy atom. The molecule has 0 fully saturated rings. The van der Waals surface area contributed by atoms with Crippen LogP contribution >= 0.6 is 35.3 Å². The van der Waals surface area contributed by atoms with Crippen molar-refractivity contribution in [3.63, 3.8) is 0 Å². The van der Waals surface area contributed by atoms with E-state index in [0.717, 1.165) is 70.1 Å². The normalized spacial score (nSPS) is 11.5. The molecule has 25 heavy (non-hydrogen) atoms. The van der Waals surface area contributed by atoms with Gasteiger partial charge in [0.1, 0.15) is 0 Å². The Morgan fingerprint density at radius 3 is 2.64 bits per heavy atom. The molecule has 0 saturated heterocycles. The molecule has 0 atom stereocenters. The number of thiazole rings is 1. The lowest BCUT2D eigenvalue weighted by Crippen LogP contribution is -2.41. The van der Waals surface area contributed by atoms with Gasteiger partial charge in [-0.3, -0.25) is 4.99 Å². The number of ether oxygens (including phenoxy) is 1. The summed E-state index contributed by atoms with van der Waals surface area (Å²) < 4.78 is 5.07. The van der Waals surface area contributed by atoms with E-state index in [9.17, 15) is 0 Å². The molecule has 6 nitrogen and oxygen atoms in total. The average Bonchev–Trinajstić information content (AvgIpc) is 2.98. The minimum Gasteiger partial charge on any atom is -0.385 e. The van der Waals surface area contributed by atoms with E-state index in [2.05, 4.69) is 37.9 Å². The van der Waals surface area contributed by atoms with Crippen LogP contribution < -0.4 is 10.6 Å². The van der Waals surface area contributed by atoms with E-state index < -0.39 is 0 Å². The van der Waals surface area contributed by atoms with Gasteiger partial charge in [0.2, 0.25) is 0 Å². The number of hydrogen-bond donors (Lipinski definition) is 2. The highest BCUT2D eigenvalue weighted by Gasteiger charge is 2.01. The summed E-state index contributed by atoms with van der Waals surface area (Å²) >= 11 is 1.76. The lowest BCUT2D eigenvalue weighted by Gasteiger charge is -2.18. The van der Waals surface area contributed by atoms with Crippen molar-refractivity contribution in [2.24, 2.45) is 4.99 Å². The van der Waals surface area contributed by atoms with E-state index in [1.807, 2.05) is 14.0 Å². The molecule has 0 radical (unpaired) electrons. The van der Waals surface area contributed by atoms with Gasteiger partial charge in [0, 0.05) is 58.0 Å². The van der Waals surface area contributed by atoms with Gasteiger partial charge >= 0.3 is 0 Å². The van der Waals surface area contributed by atoms with Crippen LogP contribution in [0.5, 0.6) is 0 Å². The van der Waals surface area contributed by atoms with Crippen LogP contribution in [-0.2, 0) is 11.2 Å². The zero-order valence-corrected chi connectivity index (χ0v) is 19.2. The summed E-state index contributed by atoms with van der Waals surface area (Å²) in [6.45, 7) is 6.74. The smallest absolute Gasteiger partial charge is 0.191 e. The first-order valence-electron chi connectivity index (χ1n) is 8.68. The second-order valence-electron chi connectivity index (χ2n) is 5.92. The van der Waals surface area contributed by atoms with E-state index in [-0.39, 0.29) is 24.0 Å². The molecule has 1 rings (SSSR count). The first kappa shape index (κ1) is 24.6. The monoisotopic (exact) mass is 483 g/mol. The third-order valence-electron chi connectivity index (χ3n) is 3.67. The molecule has 1 aromatic heterocycles. The minimum absolute atomic E-state index is 0. The Balaban J connectivity index is 0.00000576. The van der Waals surface area contributed by atoms with E-state index in [1.165, 1.54) is 5.01 Å². The van der Waals surface area contributed by atoms with Gasteiger partial charge in [0.05, 0.1) is 5.01 Å². The molecular weight excluding hydrogens is 449 g/mol. The lowest BCUT2D eigenvalue weighted by atomic mass is 10.2. The summed E-state index contributed by atoms with van der Waals surface area (Å²) in [6, 6.07) is 0. The van der Waals surface area contributed by atoms with Crippen molar-refractivity contribution in [2.75, 3.05) is 54.0 Å². The highest BCUT2D eigenvalue weighted by Crippen LogP contribution is 2.11. The number of nitrogens with zero attached hydrogens (tertiary/aromatic N) is 3. The van der Waals surface area contributed by atoms with Crippen LogP contribution in [0.2, 0.25) is 0 Å². The van der Waals surface area contributed by atoms with Crippen molar-refractivity contribution < 1.29 is 4.74 Å². The maximum atomic E-state index is 5.07. The average molecular weight is 483 g/mol. The largest absolute Gasteiger partial charge is 0.385 e. The molecule has 2 N–H and O–H groups in total. The molecule has 0 aliphatic rings. The summed E-state index contributed by atoms with van der Waals surface area (Å²) in [5.41, 5.74) is 1.13. The van der Waals surface area contributed by atoms with Gasteiger partial charge in [-0.2, -0.15) is 0 Å². The van der Waals surface area contributed by atoms with Crippen LogP contribution in [0.3, 0.4) is 0 Å². The lowest BCUT2D eigenvalue weighted by molar-refractivity contribution is 0.180. The summed E-state index contributed by atoms with van der Waals surface area (Å²) in [6.07, 6.45) is 4.41. The number of halogens is 1. The molecule has 0 aliphatic heterocycles. The van der Waals surface area contributed by atoms with Gasteiger partial charge in [0.15, 0.2) is 5.96 Å². The number of aliphatic imine (C=N–C) groups is 1. The summed E-state index contributed by atoms with van der Waals surface area (Å²) in [5, 5.41) is 10.1. The first-order valence-corrected chi connectivity index (χ1v) is 9.56. The maximum absolute atomic E-state index is 5.07. The fourth-order valence-corrected chi connectivity index (χ4v) is 3.12. The predicted octanol–water partition coefficient (Wildman–Crippen LogP) is 2.53. The van der Waals surface area contributed by atoms with Crippen molar-refractivity contribution in [1.29, 1.82) is 0 Å². The van der Waals surface area contributed by atoms with Gasteiger partial charge in [-0.05, 0) is 39.7 Å². The van der Waals surface area contributed by atoms with Crippen molar-refractivity contribution in [3.05, 3.63) is 16.1 Å². The van der Waals surface area contributed by atoms with Crippen LogP contribution in [0.25, 0.3) is 0 Å². The fourth-order valence-electron chi connectivity index (χ4n) is 2.30. The van der Waals surface area contributed by atoms with Gasteiger partial charge in [-0.15, -0.1) is 35.3 Å². The summed E-state index contributed by atoms with van der Waals surface area (Å²) in [7, 11) is 5.69. The minimum atomic E-state index is 0. The fraction of sp³-hybridized carbons (Fsp3) is 0.765. The molecule has 0 saturated carbocycles. The molecule has 0 aliphatic carbocycles.